The van der Waals surface area contributed by atoms with Gasteiger partial charge in [0.25, 0.3) is 0 Å². The molecule has 5 nitrogen and oxygen atoms in total. The van der Waals surface area contributed by atoms with Crippen LogP contribution in [0.4, 0.5) is 10.5 Å². The smallest absolute Gasteiger partial charge is 0.322 e. The molecule has 1 saturated carbocycles. The number of benzene rings is 1. The lowest BCUT2D eigenvalue weighted by Gasteiger charge is -2.22. The molecular weight excluding hydrogens is 256 g/mol. The van der Waals surface area contributed by atoms with Gasteiger partial charge in [0.1, 0.15) is 0 Å². The molecule has 2 N–H and O–H groups in total. The number of rotatable bonds is 6. The standard InChI is InChI=1S/C15H20N2O3/c1-2-8-17(13-6-7-13)15(20)16-12-5-3-4-11(9-12)10-14(18)19/h3-5,9,13H,2,6-8,10H2,1H3,(H,16,20)(H,18,19). The Labute approximate surface area is 118 Å². The number of carboxylic acids is 1. The predicted octanol–water partition coefficient (Wildman–Crippen LogP) is 2.72. The summed E-state index contributed by atoms with van der Waals surface area (Å²) in [6, 6.07) is 7.27. The number of aliphatic carboxylic acids is 1. The predicted molar refractivity (Wildman–Crippen MR) is 76.8 cm³/mol. The summed E-state index contributed by atoms with van der Waals surface area (Å²) in [6.07, 6.45) is 3.05. The number of urea groups is 1. The van der Waals surface area contributed by atoms with Gasteiger partial charge in [0.05, 0.1) is 6.42 Å². The van der Waals surface area contributed by atoms with E-state index >= 15 is 0 Å². The lowest BCUT2D eigenvalue weighted by Crippen LogP contribution is -2.37. The first-order valence-electron chi connectivity index (χ1n) is 6.98. The quantitative estimate of drug-likeness (QED) is 0.839. The third-order valence-corrected chi connectivity index (χ3v) is 3.25. The van der Waals surface area contributed by atoms with Crippen LogP contribution in [0.25, 0.3) is 0 Å². The van der Waals surface area contributed by atoms with Gasteiger partial charge in [-0.15, -0.1) is 0 Å². The third kappa shape index (κ3) is 3.98. The first-order valence-corrected chi connectivity index (χ1v) is 6.98. The topological polar surface area (TPSA) is 69.6 Å². The van der Waals surface area contributed by atoms with E-state index in [4.69, 9.17) is 5.11 Å². The minimum Gasteiger partial charge on any atom is -0.481 e. The SMILES string of the molecule is CCCN(C(=O)Nc1cccc(CC(=O)O)c1)C1CC1. The number of carboxylic acid groups (broad SMARTS) is 1. The molecule has 0 spiro atoms. The van der Waals surface area contributed by atoms with Crippen LogP contribution >= 0.6 is 0 Å². The Morgan fingerprint density at radius 3 is 2.75 bits per heavy atom. The van der Waals surface area contributed by atoms with Gasteiger partial charge >= 0.3 is 12.0 Å². The molecule has 0 radical (unpaired) electrons. The fourth-order valence-electron chi connectivity index (χ4n) is 2.21. The summed E-state index contributed by atoms with van der Waals surface area (Å²) >= 11 is 0. The van der Waals surface area contributed by atoms with Crippen molar-refractivity contribution in [3.05, 3.63) is 29.8 Å². The fourth-order valence-corrected chi connectivity index (χ4v) is 2.21. The summed E-state index contributed by atoms with van der Waals surface area (Å²) < 4.78 is 0. The van der Waals surface area contributed by atoms with Crippen LogP contribution in [0.3, 0.4) is 0 Å². The van der Waals surface area contributed by atoms with Crippen LogP contribution in [-0.4, -0.2) is 34.6 Å². The van der Waals surface area contributed by atoms with Gasteiger partial charge in [-0.25, -0.2) is 4.79 Å². The molecule has 0 aromatic heterocycles. The van der Waals surface area contributed by atoms with Gasteiger partial charge in [0, 0.05) is 18.3 Å². The van der Waals surface area contributed by atoms with Crippen LogP contribution < -0.4 is 5.32 Å². The van der Waals surface area contributed by atoms with Crippen molar-refractivity contribution in [2.24, 2.45) is 0 Å². The average Bonchev–Trinajstić information content (AvgIpc) is 3.19. The fraction of sp³-hybridized carbons (Fsp3) is 0.467. The first kappa shape index (κ1) is 14.4. The number of amides is 2. The van der Waals surface area contributed by atoms with Crippen molar-refractivity contribution in [1.82, 2.24) is 4.90 Å². The summed E-state index contributed by atoms with van der Waals surface area (Å²) in [7, 11) is 0. The number of nitrogens with zero attached hydrogens (tertiary/aromatic N) is 1. The molecule has 0 heterocycles. The summed E-state index contributed by atoms with van der Waals surface area (Å²) in [5.41, 5.74) is 1.33. The Hall–Kier alpha value is -2.04. The Morgan fingerprint density at radius 1 is 1.40 bits per heavy atom. The number of hydrogen-bond donors (Lipinski definition) is 2. The van der Waals surface area contributed by atoms with Gasteiger partial charge in [0.2, 0.25) is 0 Å². The minimum absolute atomic E-state index is 0.0367. The average molecular weight is 276 g/mol. The van der Waals surface area contributed by atoms with Crippen LogP contribution in [0.1, 0.15) is 31.7 Å². The zero-order chi connectivity index (χ0) is 14.5. The van der Waals surface area contributed by atoms with Gasteiger partial charge in [-0.3, -0.25) is 4.79 Å². The maximum absolute atomic E-state index is 12.2. The zero-order valence-electron chi connectivity index (χ0n) is 11.6. The number of carbonyl (C=O) groups excluding carboxylic acids is 1. The Morgan fingerprint density at radius 2 is 2.15 bits per heavy atom. The molecule has 0 unspecified atom stereocenters. The molecule has 108 valence electrons. The van der Waals surface area contributed by atoms with Crippen molar-refractivity contribution in [2.45, 2.75) is 38.6 Å². The molecule has 0 aliphatic heterocycles. The summed E-state index contributed by atoms with van der Waals surface area (Å²) in [5, 5.41) is 11.6. The highest BCUT2D eigenvalue weighted by Gasteiger charge is 2.31. The van der Waals surface area contributed by atoms with Gasteiger partial charge in [-0.2, -0.15) is 0 Å². The molecule has 20 heavy (non-hydrogen) atoms. The van der Waals surface area contributed by atoms with Crippen LogP contribution in [0.15, 0.2) is 24.3 Å². The van der Waals surface area contributed by atoms with E-state index in [-0.39, 0.29) is 12.5 Å². The second-order valence-electron chi connectivity index (χ2n) is 5.13. The van der Waals surface area contributed by atoms with E-state index in [2.05, 4.69) is 12.2 Å². The summed E-state index contributed by atoms with van der Waals surface area (Å²) in [4.78, 5) is 24.8. The number of carbonyl (C=O) groups is 2. The van der Waals surface area contributed by atoms with Gasteiger partial charge in [-0.05, 0) is 37.0 Å². The van der Waals surface area contributed by atoms with Crippen molar-refractivity contribution in [3.8, 4) is 0 Å². The van der Waals surface area contributed by atoms with Crippen molar-refractivity contribution < 1.29 is 14.7 Å². The van der Waals surface area contributed by atoms with E-state index in [1.54, 1.807) is 24.3 Å². The lowest BCUT2D eigenvalue weighted by molar-refractivity contribution is -0.136. The van der Waals surface area contributed by atoms with Crippen LogP contribution in [0.5, 0.6) is 0 Å². The monoisotopic (exact) mass is 276 g/mol. The normalized spacial score (nSPS) is 13.8. The Balaban J connectivity index is 2.00. The molecule has 2 rings (SSSR count). The largest absolute Gasteiger partial charge is 0.481 e. The van der Waals surface area contributed by atoms with Crippen molar-refractivity contribution in [3.63, 3.8) is 0 Å². The van der Waals surface area contributed by atoms with Gasteiger partial charge in [0.15, 0.2) is 0 Å². The molecule has 0 bridgehead atoms. The highest BCUT2D eigenvalue weighted by molar-refractivity contribution is 5.90. The second-order valence-corrected chi connectivity index (χ2v) is 5.13. The van der Waals surface area contributed by atoms with E-state index in [1.165, 1.54) is 0 Å². The molecule has 0 saturated heterocycles. The van der Waals surface area contributed by atoms with E-state index in [0.717, 1.165) is 25.8 Å². The Kier molecular flexibility index (Phi) is 4.61. The molecular formula is C15H20N2O3. The van der Waals surface area contributed by atoms with E-state index in [1.807, 2.05) is 4.90 Å². The first-order chi connectivity index (χ1) is 9.60. The van der Waals surface area contributed by atoms with E-state index in [0.29, 0.717) is 17.3 Å². The van der Waals surface area contributed by atoms with Crippen LogP contribution in [0.2, 0.25) is 0 Å². The highest BCUT2D eigenvalue weighted by atomic mass is 16.4. The molecule has 1 aromatic rings. The molecule has 0 atom stereocenters. The third-order valence-electron chi connectivity index (χ3n) is 3.25. The van der Waals surface area contributed by atoms with Crippen LogP contribution in [0, 0.1) is 0 Å². The maximum atomic E-state index is 12.2. The molecule has 1 aromatic carbocycles. The van der Waals surface area contributed by atoms with Crippen molar-refractivity contribution in [2.75, 3.05) is 11.9 Å². The zero-order valence-corrected chi connectivity index (χ0v) is 11.6. The minimum atomic E-state index is -0.876. The van der Waals surface area contributed by atoms with E-state index in [9.17, 15) is 9.59 Å². The van der Waals surface area contributed by atoms with Gasteiger partial charge < -0.3 is 15.3 Å². The molecule has 5 heteroatoms. The van der Waals surface area contributed by atoms with Crippen molar-refractivity contribution in [1.29, 1.82) is 0 Å². The summed E-state index contributed by atoms with van der Waals surface area (Å²) in [6.45, 7) is 2.81. The second kappa shape index (κ2) is 6.41. The number of anilines is 1. The molecule has 2 amide bonds. The number of hydrogen-bond acceptors (Lipinski definition) is 2. The van der Waals surface area contributed by atoms with E-state index < -0.39 is 5.97 Å². The molecule has 1 fully saturated rings. The van der Waals surface area contributed by atoms with Crippen molar-refractivity contribution >= 4 is 17.7 Å². The number of nitrogens with one attached hydrogen (secondary N) is 1. The molecule has 1 aliphatic carbocycles. The Bertz CT molecular complexity index is 498. The maximum Gasteiger partial charge on any atom is 0.322 e. The summed E-state index contributed by atoms with van der Waals surface area (Å²) in [5.74, 6) is -0.876. The van der Waals surface area contributed by atoms with Gasteiger partial charge in [-0.1, -0.05) is 19.1 Å². The highest BCUT2D eigenvalue weighted by Crippen LogP contribution is 2.27. The molecule has 1 aliphatic rings. The lowest BCUT2D eigenvalue weighted by atomic mass is 10.1. The van der Waals surface area contributed by atoms with Crippen LogP contribution in [-0.2, 0) is 11.2 Å².